The molecule has 1 rings (SSSR count). The van der Waals surface area contributed by atoms with Crippen LogP contribution in [0.4, 0.5) is 0 Å². The van der Waals surface area contributed by atoms with E-state index in [4.69, 9.17) is 9.47 Å². The van der Waals surface area contributed by atoms with E-state index < -0.39 is 0 Å². The van der Waals surface area contributed by atoms with Gasteiger partial charge in [0.05, 0.1) is 0 Å². The zero-order chi connectivity index (χ0) is 8.81. The summed E-state index contributed by atoms with van der Waals surface area (Å²) in [6, 6.07) is 0. The first-order chi connectivity index (χ1) is 5.86. The largest absolute Gasteiger partial charge is 0.385 e. The lowest BCUT2D eigenvalue weighted by atomic mass is 9.83. The van der Waals surface area contributed by atoms with Gasteiger partial charge in [0.25, 0.3) is 0 Å². The van der Waals surface area contributed by atoms with Crippen molar-refractivity contribution in [2.45, 2.75) is 19.3 Å². The molecule has 0 radical (unpaired) electrons. The predicted octanol–water partition coefficient (Wildman–Crippen LogP) is 2.01. The van der Waals surface area contributed by atoms with Crippen LogP contribution in [0.1, 0.15) is 19.3 Å². The lowest BCUT2D eigenvalue weighted by Crippen LogP contribution is -2.13. The first kappa shape index (κ1) is 9.75. The first-order valence-electron chi connectivity index (χ1n) is 4.54. The molecule has 0 spiro atoms. The molecular weight excluding hydrogens is 152 g/mol. The van der Waals surface area contributed by atoms with Gasteiger partial charge < -0.3 is 9.47 Å². The highest BCUT2D eigenvalue weighted by Crippen LogP contribution is 2.30. The van der Waals surface area contributed by atoms with Gasteiger partial charge in [0.2, 0.25) is 0 Å². The van der Waals surface area contributed by atoms with Gasteiger partial charge in [-0.25, -0.2) is 0 Å². The molecule has 1 aliphatic rings. The molecule has 0 heterocycles. The second-order valence-electron chi connectivity index (χ2n) is 3.31. The van der Waals surface area contributed by atoms with Gasteiger partial charge >= 0.3 is 0 Å². The van der Waals surface area contributed by atoms with Crippen LogP contribution < -0.4 is 0 Å². The molecule has 0 bridgehead atoms. The van der Waals surface area contributed by atoms with Gasteiger partial charge in [0.15, 0.2) is 0 Å². The van der Waals surface area contributed by atoms with Gasteiger partial charge in [-0.15, -0.1) is 0 Å². The molecule has 1 unspecified atom stereocenters. The van der Waals surface area contributed by atoms with Gasteiger partial charge in [0, 0.05) is 27.4 Å². The maximum atomic E-state index is 5.01. The van der Waals surface area contributed by atoms with Gasteiger partial charge in [-0.2, -0.15) is 0 Å². The van der Waals surface area contributed by atoms with Gasteiger partial charge in [-0.1, -0.05) is 11.6 Å². The number of methoxy groups -OCH3 is 2. The maximum absolute atomic E-state index is 5.01. The van der Waals surface area contributed by atoms with Crippen LogP contribution in [0.15, 0.2) is 11.6 Å². The Morgan fingerprint density at radius 2 is 2.00 bits per heavy atom. The normalized spacial score (nSPS) is 21.8. The van der Waals surface area contributed by atoms with Crippen molar-refractivity contribution in [2.24, 2.45) is 5.92 Å². The van der Waals surface area contributed by atoms with E-state index in [1.54, 1.807) is 19.8 Å². The van der Waals surface area contributed by atoms with E-state index in [0.29, 0.717) is 0 Å². The molecule has 0 aromatic heterocycles. The van der Waals surface area contributed by atoms with Crippen LogP contribution >= 0.6 is 0 Å². The summed E-state index contributed by atoms with van der Waals surface area (Å²) in [6.07, 6.45) is 5.90. The summed E-state index contributed by atoms with van der Waals surface area (Å²) in [5, 5.41) is 0. The molecule has 1 atom stereocenters. The van der Waals surface area contributed by atoms with Crippen molar-refractivity contribution in [1.29, 1.82) is 0 Å². The molecule has 70 valence electrons. The molecule has 2 heteroatoms. The Labute approximate surface area is 74.6 Å². The van der Waals surface area contributed by atoms with Gasteiger partial charge in [-0.3, -0.25) is 0 Å². The Kier molecular flexibility index (Phi) is 4.33. The summed E-state index contributed by atoms with van der Waals surface area (Å²) < 4.78 is 10.0. The Balaban J connectivity index is 2.03. The second kappa shape index (κ2) is 5.33. The zero-order valence-electron chi connectivity index (χ0n) is 8.01. The monoisotopic (exact) mass is 170 g/mol. The number of hydrogen-bond donors (Lipinski definition) is 0. The molecule has 0 amide bonds. The Morgan fingerprint density at radius 3 is 2.58 bits per heavy atom. The van der Waals surface area contributed by atoms with Crippen molar-refractivity contribution in [1.82, 2.24) is 0 Å². The zero-order valence-corrected chi connectivity index (χ0v) is 8.01. The quantitative estimate of drug-likeness (QED) is 0.568. The minimum atomic E-state index is 0.775. The summed E-state index contributed by atoms with van der Waals surface area (Å²) in [7, 11) is 3.51. The molecule has 0 saturated carbocycles. The van der Waals surface area contributed by atoms with Crippen LogP contribution in [-0.4, -0.2) is 27.4 Å². The molecule has 0 aromatic carbocycles. The van der Waals surface area contributed by atoms with E-state index in [1.165, 1.54) is 12.8 Å². The fraction of sp³-hybridized carbons (Fsp3) is 0.800. The lowest BCUT2D eigenvalue weighted by molar-refractivity contribution is 0.177. The molecule has 0 N–H and O–H groups in total. The summed E-state index contributed by atoms with van der Waals surface area (Å²) in [4.78, 5) is 0. The first-order valence-corrected chi connectivity index (χ1v) is 4.54. The molecule has 12 heavy (non-hydrogen) atoms. The standard InChI is InChI=1S/C10H18O2/c1-11-5-3-9-7-10(8-9)4-6-12-2/h7,9H,3-6,8H2,1-2H3. The molecule has 1 aliphatic carbocycles. The number of hydrogen-bond acceptors (Lipinski definition) is 2. The highest BCUT2D eigenvalue weighted by molar-refractivity contribution is 5.16. The van der Waals surface area contributed by atoms with Gasteiger partial charge in [-0.05, 0) is 25.2 Å². The van der Waals surface area contributed by atoms with E-state index in [-0.39, 0.29) is 0 Å². The van der Waals surface area contributed by atoms with Crippen molar-refractivity contribution < 1.29 is 9.47 Å². The van der Waals surface area contributed by atoms with Gasteiger partial charge in [0.1, 0.15) is 0 Å². The van der Waals surface area contributed by atoms with Crippen molar-refractivity contribution in [3.05, 3.63) is 11.6 Å². The molecular formula is C10H18O2. The fourth-order valence-electron chi connectivity index (χ4n) is 1.51. The topological polar surface area (TPSA) is 18.5 Å². The molecule has 0 aromatic rings. The average Bonchev–Trinajstić information content (AvgIpc) is 2.01. The Morgan fingerprint density at radius 1 is 1.33 bits per heavy atom. The van der Waals surface area contributed by atoms with Crippen LogP contribution in [0.3, 0.4) is 0 Å². The minimum absolute atomic E-state index is 0.775. The van der Waals surface area contributed by atoms with Crippen molar-refractivity contribution in [3.63, 3.8) is 0 Å². The van der Waals surface area contributed by atoms with E-state index in [0.717, 1.165) is 25.6 Å². The second-order valence-corrected chi connectivity index (χ2v) is 3.31. The van der Waals surface area contributed by atoms with Crippen LogP contribution in [0, 0.1) is 5.92 Å². The van der Waals surface area contributed by atoms with E-state index in [2.05, 4.69) is 6.08 Å². The molecule has 0 aliphatic heterocycles. The van der Waals surface area contributed by atoms with Crippen molar-refractivity contribution in [2.75, 3.05) is 27.4 Å². The third-order valence-electron chi connectivity index (χ3n) is 2.32. The number of allylic oxidation sites excluding steroid dienone is 1. The highest BCUT2D eigenvalue weighted by atomic mass is 16.5. The van der Waals surface area contributed by atoms with E-state index in [9.17, 15) is 0 Å². The number of rotatable bonds is 6. The predicted molar refractivity (Wildman–Crippen MR) is 49.2 cm³/mol. The molecule has 2 nitrogen and oxygen atoms in total. The molecule has 0 fully saturated rings. The average molecular weight is 170 g/mol. The lowest BCUT2D eigenvalue weighted by Gasteiger charge is -2.25. The number of ether oxygens (including phenoxy) is 2. The van der Waals surface area contributed by atoms with Crippen LogP contribution in [0.5, 0.6) is 0 Å². The summed E-state index contributed by atoms with van der Waals surface area (Å²) >= 11 is 0. The Hall–Kier alpha value is -0.340. The smallest absolute Gasteiger partial charge is 0.0499 e. The summed E-state index contributed by atoms with van der Waals surface area (Å²) in [5.74, 6) is 0.775. The van der Waals surface area contributed by atoms with Crippen LogP contribution in [0.25, 0.3) is 0 Å². The van der Waals surface area contributed by atoms with E-state index in [1.807, 2.05) is 0 Å². The van der Waals surface area contributed by atoms with Crippen LogP contribution in [-0.2, 0) is 9.47 Å². The third-order valence-corrected chi connectivity index (χ3v) is 2.32. The van der Waals surface area contributed by atoms with E-state index >= 15 is 0 Å². The fourth-order valence-corrected chi connectivity index (χ4v) is 1.51. The molecule has 0 saturated heterocycles. The minimum Gasteiger partial charge on any atom is -0.385 e. The SMILES string of the molecule is COCCC1=CC(CCOC)C1. The Bertz CT molecular complexity index is 152. The summed E-state index contributed by atoms with van der Waals surface area (Å²) in [5.41, 5.74) is 1.55. The summed E-state index contributed by atoms with van der Waals surface area (Å²) in [6.45, 7) is 1.75. The van der Waals surface area contributed by atoms with Crippen LogP contribution in [0.2, 0.25) is 0 Å². The van der Waals surface area contributed by atoms with Crippen molar-refractivity contribution >= 4 is 0 Å². The van der Waals surface area contributed by atoms with Crippen molar-refractivity contribution in [3.8, 4) is 0 Å². The highest BCUT2D eigenvalue weighted by Gasteiger charge is 2.17. The third kappa shape index (κ3) is 2.95. The maximum Gasteiger partial charge on any atom is 0.0499 e.